The van der Waals surface area contributed by atoms with Gasteiger partial charge >= 0.3 is 11.9 Å². The average Bonchev–Trinajstić information content (AvgIpc) is 2.81. The van der Waals surface area contributed by atoms with Crippen molar-refractivity contribution in [3.05, 3.63) is 64.3 Å². The number of para-hydroxylation sites is 1. The molecule has 2 atom stereocenters. The lowest BCUT2D eigenvalue weighted by Gasteiger charge is -2.39. The summed E-state index contributed by atoms with van der Waals surface area (Å²) >= 11 is 4.72. The van der Waals surface area contributed by atoms with Crippen molar-refractivity contribution in [1.82, 2.24) is 9.88 Å². The number of benzene rings is 1. The van der Waals surface area contributed by atoms with E-state index in [0.29, 0.717) is 11.0 Å². The summed E-state index contributed by atoms with van der Waals surface area (Å²) in [6, 6.07) is 9.56. The van der Waals surface area contributed by atoms with Gasteiger partial charge < -0.3 is 14.4 Å². The smallest absolute Gasteiger partial charge is 0.338 e. The Balaban J connectivity index is 2.04. The molecule has 0 saturated heterocycles. The second kappa shape index (κ2) is 10.9. The molecule has 182 valence electrons. The Morgan fingerprint density at radius 2 is 2.03 bits per heavy atom. The maximum atomic E-state index is 15.9. The Bertz CT molecular complexity index is 1150. The number of carbonyl (C=O) groups is 2. The molecular weight excluding hydrogens is 523 g/mol. The van der Waals surface area contributed by atoms with E-state index >= 15 is 4.39 Å². The summed E-state index contributed by atoms with van der Waals surface area (Å²) in [5, 5.41) is 0.918. The molecule has 3 rings (SSSR count). The highest BCUT2D eigenvalue weighted by Crippen LogP contribution is 2.45. The van der Waals surface area contributed by atoms with Crippen LogP contribution in [0, 0.1) is 5.92 Å². The van der Waals surface area contributed by atoms with Crippen molar-refractivity contribution in [2.75, 3.05) is 13.4 Å². The van der Waals surface area contributed by atoms with E-state index in [1.165, 1.54) is 23.8 Å². The number of rotatable bonds is 8. The van der Waals surface area contributed by atoms with Crippen LogP contribution in [0.15, 0.2) is 58.7 Å². The lowest BCUT2D eigenvalue weighted by atomic mass is 9.81. The van der Waals surface area contributed by atoms with E-state index < -0.39 is 28.6 Å². The molecule has 0 saturated carbocycles. The van der Waals surface area contributed by atoms with Crippen molar-refractivity contribution in [2.24, 2.45) is 5.92 Å². The van der Waals surface area contributed by atoms with Gasteiger partial charge in [0.05, 0.1) is 30.8 Å². The van der Waals surface area contributed by atoms with Gasteiger partial charge in [-0.2, -0.15) is 4.39 Å². The normalized spacial score (nSPS) is 17.8. The molecule has 1 aliphatic rings. The molecule has 6 nitrogen and oxygen atoms in total. The number of carbonyl (C=O) groups excluding carboxylic acids is 2. The van der Waals surface area contributed by atoms with E-state index in [4.69, 9.17) is 9.47 Å². The lowest BCUT2D eigenvalue weighted by Crippen LogP contribution is -2.47. The maximum Gasteiger partial charge on any atom is 0.338 e. The van der Waals surface area contributed by atoms with E-state index in [0.717, 1.165) is 16.5 Å². The number of ether oxygens (including phenoxy) is 2. The SMILES string of the molecule is CCC(SC)(C(=O)OC(C)C)C1C=CN(Cc2cc3ccccc3nc2Br)C(F)=C1C(=O)OC. The van der Waals surface area contributed by atoms with E-state index in [1.54, 1.807) is 32.4 Å². The van der Waals surface area contributed by atoms with Crippen molar-refractivity contribution in [2.45, 2.75) is 44.6 Å². The molecule has 0 spiro atoms. The lowest BCUT2D eigenvalue weighted by molar-refractivity contribution is -0.151. The Morgan fingerprint density at radius 1 is 1.32 bits per heavy atom. The number of aromatic nitrogens is 1. The fourth-order valence-corrected chi connectivity index (χ4v) is 5.44. The zero-order valence-electron chi connectivity index (χ0n) is 19.8. The van der Waals surface area contributed by atoms with Gasteiger partial charge in [-0.15, -0.1) is 11.8 Å². The van der Waals surface area contributed by atoms with Gasteiger partial charge in [0.1, 0.15) is 9.35 Å². The molecule has 2 heterocycles. The van der Waals surface area contributed by atoms with Crippen LogP contribution < -0.4 is 0 Å². The molecule has 0 N–H and O–H groups in total. The highest BCUT2D eigenvalue weighted by atomic mass is 79.9. The number of allylic oxidation sites excluding steroid dienone is 1. The summed E-state index contributed by atoms with van der Waals surface area (Å²) in [5.74, 6) is -2.93. The number of hydrogen-bond acceptors (Lipinski definition) is 7. The van der Waals surface area contributed by atoms with Crippen molar-refractivity contribution < 1.29 is 23.5 Å². The second-order valence-electron chi connectivity index (χ2n) is 8.18. The summed E-state index contributed by atoms with van der Waals surface area (Å²) in [5.41, 5.74) is 1.36. The molecule has 1 aliphatic heterocycles. The molecule has 1 aromatic carbocycles. The van der Waals surface area contributed by atoms with Crippen molar-refractivity contribution in [1.29, 1.82) is 0 Å². The number of halogens is 2. The van der Waals surface area contributed by atoms with Gasteiger partial charge in [-0.1, -0.05) is 31.2 Å². The quantitative estimate of drug-likeness (QED) is 0.235. The molecule has 0 amide bonds. The Hall–Kier alpha value is -2.39. The maximum absolute atomic E-state index is 15.9. The third-order valence-corrected chi connectivity index (χ3v) is 7.94. The van der Waals surface area contributed by atoms with Crippen LogP contribution in [0.1, 0.15) is 32.8 Å². The minimum atomic E-state index is -1.18. The van der Waals surface area contributed by atoms with Crippen LogP contribution in [0.25, 0.3) is 10.9 Å². The van der Waals surface area contributed by atoms with E-state index in [9.17, 15) is 9.59 Å². The number of nitrogens with zero attached hydrogens (tertiary/aromatic N) is 2. The first-order chi connectivity index (χ1) is 16.2. The molecular formula is C25H28BrFN2O4S. The standard InChI is InChI=1S/C25H28BrFN2O4S/c1-6-25(34-5,24(31)33-15(2)3)18-11-12-29(22(27)20(18)23(30)32-4)14-17-13-16-9-7-8-10-19(16)28-21(17)26/h7-13,15,18H,6,14H2,1-5H3. The minimum absolute atomic E-state index is 0.128. The van der Waals surface area contributed by atoms with Crippen molar-refractivity contribution >= 4 is 50.5 Å². The van der Waals surface area contributed by atoms with Gasteiger partial charge in [-0.25, -0.2) is 9.78 Å². The Labute approximate surface area is 211 Å². The third kappa shape index (κ3) is 5.00. The molecule has 2 aromatic rings. The van der Waals surface area contributed by atoms with Crippen LogP contribution >= 0.6 is 27.7 Å². The number of thioether (sulfide) groups is 1. The van der Waals surface area contributed by atoms with Crippen LogP contribution in [-0.4, -0.2) is 46.0 Å². The first kappa shape index (κ1) is 26.2. The predicted octanol–water partition coefficient (Wildman–Crippen LogP) is 5.76. The topological polar surface area (TPSA) is 68.7 Å². The summed E-state index contributed by atoms with van der Waals surface area (Å²) in [6.07, 6.45) is 5.00. The fourth-order valence-electron chi connectivity index (χ4n) is 4.06. The monoisotopic (exact) mass is 550 g/mol. The summed E-state index contributed by atoms with van der Waals surface area (Å²) in [4.78, 5) is 31.8. The van der Waals surface area contributed by atoms with Gasteiger partial charge in [0, 0.05) is 23.1 Å². The molecule has 0 bridgehead atoms. The van der Waals surface area contributed by atoms with Gasteiger partial charge in [-0.3, -0.25) is 4.79 Å². The predicted molar refractivity (Wildman–Crippen MR) is 136 cm³/mol. The van der Waals surface area contributed by atoms with Crippen LogP contribution in [0.2, 0.25) is 0 Å². The van der Waals surface area contributed by atoms with Crippen molar-refractivity contribution in [3.8, 4) is 0 Å². The molecule has 0 fully saturated rings. The van der Waals surface area contributed by atoms with Gasteiger partial charge in [0.2, 0.25) is 5.95 Å². The van der Waals surface area contributed by atoms with E-state index in [1.807, 2.05) is 37.3 Å². The largest absolute Gasteiger partial charge is 0.466 e. The van der Waals surface area contributed by atoms with E-state index in [2.05, 4.69) is 20.9 Å². The highest BCUT2D eigenvalue weighted by molar-refractivity contribution is 9.10. The van der Waals surface area contributed by atoms with Gasteiger partial charge in [0.15, 0.2) is 0 Å². The highest BCUT2D eigenvalue weighted by Gasteiger charge is 2.50. The van der Waals surface area contributed by atoms with Gasteiger partial charge in [-0.05, 0) is 54.6 Å². The summed E-state index contributed by atoms with van der Waals surface area (Å²) in [7, 11) is 1.20. The zero-order chi connectivity index (χ0) is 25.0. The second-order valence-corrected chi connectivity index (χ2v) is 10.1. The molecule has 0 radical (unpaired) electrons. The number of hydrogen-bond donors (Lipinski definition) is 0. The first-order valence-electron chi connectivity index (χ1n) is 10.9. The van der Waals surface area contributed by atoms with Crippen LogP contribution in [-0.2, 0) is 25.6 Å². The van der Waals surface area contributed by atoms with E-state index in [-0.39, 0.29) is 18.2 Å². The zero-order valence-corrected chi connectivity index (χ0v) is 22.2. The molecule has 1 aromatic heterocycles. The minimum Gasteiger partial charge on any atom is -0.466 e. The molecule has 9 heteroatoms. The van der Waals surface area contributed by atoms with Crippen molar-refractivity contribution in [3.63, 3.8) is 0 Å². The summed E-state index contributed by atoms with van der Waals surface area (Å²) < 4.78 is 25.8. The van der Waals surface area contributed by atoms with Crippen LogP contribution in [0.4, 0.5) is 4.39 Å². The molecule has 34 heavy (non-hydrogen) atoms. The molecule has 2 unspecified atom stereocenters. The number of fused-ring (bicyclic) bond motifs is 1. The Kier molecular flexibility index (Phi) is 8.41. The summed E-state index contributed by atoms with van der Waals surface area (Å²) in [6.45, 7) is 5.46. The van der Waals surface area contributed by atoms with Gasteiger partial charge in [0.25, 0.3) is 0 Å². The molecule has 0 aliphatic carbocycles. The Morgan fingerprint density at radius 3 is 2.65 bits per heavy atom. The van der Waals surface area contributed by atoms with Crippen LogP contribution in [0.3, 0.4) is 0 Å². The average molecular weight is 551 g/mol. The van der Waals surface area contributed by atoms with Crippen LogP contribution in [0.5, 0.6) is 0 Å². The number of pyridine rings is 1. The fraction of sp³-hybridized carbons (Fsp3) is 0.400. The number of esters is 2. The third-order valence-electron chi connectivity index (χ3n) is 5.82. The number of methoxy groups -OCH3 is 1. The first-order valence-corrected chi connectivity index (χ1v) is 12.9.